The molecular weight excluding hydrogens is 669 g/mol. The molecule has 10 heteroatoms. The van der Waals surface area contributed by atoms with Crippen LogP contribution in [0.25, 0.3) is 0 Å². The average molecular weight is 751 g/mol. The summed E-state index contributed by atoms with van der Waals surface area (Å²) in [5.74, 6) is -0.667. The highest BCUT2D eigenvalue weighted by Crippen LogP contribution is 2.43. The predicted octanol–water partition coefficient (Wildman–Crippen LogP) is 11.4. The summed E-state index contributed by atoms with van der Waals surface area (Å²) in [5, 5.41) is 0. The number of carbonyl (C=O) groups excluding carboxylic acids is 2. The Morgan fingerprint density at radius 3 is 1.30 bits per heavy atom. The van der Waals surface area contributed by atoms with E-state index in [0.717, 1.165) is 38.5 Å². The van der Waals surface area contributed by atoms with Crippen molar-refractivity contribution in [2.24, 2.45) is 0 Å². The number of nitrogens with zero attached hydrogens (tertiary/aromatic N) is 1. The van der Waals surface area contributed by atoms with E-state index < -0.39 is 12.8 Å². The van der Waals surface area contributed by atoms with Crippen molar-refractivity contribution in [3.63, 3.8) is 0 Å². The van der Waals surface area contributed by atoms with Gasteiger partial charge in [-0.05, 0) is 24.6 Å². The zero-order valence-corrected chi connectivity index (χ0v) is 35.1. The Morgan fingerprint density at radius 2 is 0.920 bits per heavy atom. The van der Waals surface area contributed by atoms with Crippen molar-refractivity contribution in [2.45, 2.75) is 200 Å². The molecule has 0 saturated carbocycles. The lowest BCUT2D eigenvalue weighted by Gasteiger charge is -2.25. The normalized spacial score (nSPS) is 13.6. The Hall–Kier alpha value is -0.570. The van der Waals surface area contributed by atoms with Crippen LogP contribution in [0, 0.1) is 0 Å². The predicted molar refractivity (Wildman–Crippen MR) is 213 cm³/mol. The number of likely N-dealkylation sites (N-methyl/N-ethyl adjacent to an activating group) is 1. The molecule has 0 aliphatic rings. The number of hydrogen-bond donors (Lipinski definition) is 1. The molecule has 2 unspecified atom stereocenters. The van der Waals surface area contributed by atoms with Crippen LogP contribution in [0.1, 0.15) is 194 Å². The maximum atomic E-state index is 12.7. The maximum absolute atomic E-state index is 12.7. The van der Waals surface area contributed by atoms with Gasteiger partial charge in [-0.25, -0.2) is 0 Å². The summed E-state index contributed by atoms with van der Waals surface area (Å²) >= 11 is 5.17. The minimum Gasteiger partial charge on any atom is -0.462 e. The van der Waals surface area contributed by atoms with Crippen molar-refractivity contribution in [1.29, 1.82) is 0 Å². The van der Waals surface area contributed by atoms with Gasteiger partial charge in [0.15, 0.2) is 6.10 Å². The van der Waals surface area contributed by atoms with Gasteiger partial charge >= 0.3 is 18.7 Å². The Kier molecular flexibility index (Phi) is 33.8. The lowest BCUT2D eigenvalue weighted by atomic mass is 10.0. The van der Waals surface area contributed by atoms with Crippen molar-refractivity contribution in [3.05, 3.63) is 0 Å². The van der Waals surface area contributed by atoms with Crippen LogP contribution in [0.2, 0.25) is 0 Å². The van der Waals surface area contributed by atoms with Gasteiger partial charge in [0, 0.05) is 12.8 Å². The number of quaternary nitrogens is 1. The summed E-state index contributed by atoms with van der Waals surface area (Å²) < 4.78 is 22.8. The molecule has 8 nitrogen and oxygen atoms in total. The fourth-order valence-corrected chi connectivity index (χ4v) is 6.99. The number of carbonyl (C=O) groups is 2. The van der Waals surface area contributed by atoms with E-state index in [1.54, 1.807) is 0 Å². The molecule has 0 bridgehead atoms. The monoisotopic (exact) mass is 751 g/mol. The molecule has 0 spiro atoms. The molecule has 2 atom stereocenters. The molecule has 0 fully saturated rings. The van der Waals surface area contributed by atoms with E-state index >= 15 is 0 Å². The second-order valence-electron chi connectivity index (χ2n) is 15.4. The third kappa shape index (κ3) is 37.2. The van der Waals surface area contributed by atoms with E-state index in [1.165, 1.54) is 128 Å². The quantitative estimate of drug-likeness (QED) is 0.0289. The van der Waals surface area contributed by atoms with Gasteiger partial charge in [0.2, 0.25) is 0 Å². The van der Waals surface area contributed by atoms with Crippen LogP contribution in [0.5, 0.6) is 0 Å². The molecule has 298 valence electrons. The maximum Gasteiger partial charge on any atom is 0.324 e. The number of ether oxygens (including phenoxy) is 2. The molecule has 0 amide bonds. The molecule has 1 N–H and O–H groups in total. The molecule has 0 aromatic carbocycles. The highest BCUT2D eigenvalue weighted by Gasteiger charge is 2.23. The third-order valence-electron chi connectivity index (χ3n) is 9.14. The third-order valence-corrected chi connectivity index (χ3v) is 10.8. The summed E-state index contributed by atoms with van der Waals surface area (Å²) in [6.07, 6.45) is 32.0. The SMILES string of the molecule is CCCCCCCCCCCCCCCC(=O)OCC(COP(O)(=S)OCC[N+](C)(C)C)OC(=O)CCCCCCCCCCCCCCC. The molecule has 0 aromatic rings. The second kappa shape index (κ2) is 34.2. The zero-order valence-electron chi connectivity index (χ0n) is 33.4. The first-order chi connectivity index (χ1) is 24.0. The zero-order chi connectivity index (χ0) is 37.2. The highest BCUT2D eigenvalue weighted by molar-refractivity contribution is 8.07. The standard InChI is InChI=1S/C40H80NO7PS/c1-6-8-10-12-14-16-18-20-22-24-26-28-30-32-39(42)45-36-38(37-47-49(44,50)46-35-34-41(3,4)5)48-40(43)33-31-29-27-25-23-21-19-17-15-13-11-9-7-2/h38H,6-37H2,1-5H3/p+1. The Morgan fingerprint density at radius 1 is 0.560 bits per heavy atom. The van der Waals surface area contributed by atoms with Crippen LogP contribution in [-0.4, -0.2) is 74.9 Å². The summed E-state index contributed by atoms with van der Waals surface area (Å²) in [6, 6.07) is 0. The van der Waals surface area contributed by atoms with Gasteiger partial charge < -0.3 is 27.9 Å². The van der Waals surface area contributed by atoms with Crippen LogP contribution in [-0.2, 0) is 39.9 Å². The van der Waals surface area contributed by atoms with Gasteiger partial charge in [0.1, 0.15) is 19.8 Å². The smallest absolute Gasteiger partial charge is 0.324 e. The van der Waals surface area contributed by atoms with Gasteiger partial charge in [-0.2, -0.15) is 0 Å². The molecule has 0 rings (SSSR count). The van der Waals surface area contributed by atoms with E-state index in [0.29, 0.717) is 23.9 Å². The van der Waals surface area contributed by atoms with E-state index in [-0.39, 0.29) is 31.8 Å². The topological polar surface area (TPSA) is 91.3 Å². The van der Waals surface area contributed by atoms with Crippen LogP contribution in [0.15, 0.2) is 0 Å². The fourth-order valence-electron chi connectivity index (χ4n) is 5.84. The minimum atomic E-state index is -3.53. The van der Waals surface area contributed by atoms with Crippen molar-refractivity contribution in [2.75, 3.05) is 47.5 Å². The average Bonchev–Trinajstić information content (AvgIpc) is 3.06. The van der Waals surface area contributed by atoms with Crippen LogP contribution >= 0.6 is 6.72 Å². The highest BCUT2D eigenvalue weighted by atomic mass is 32.5. The molecule has 50 heavy (non-hydrogen) atoms. The first-order valence-corrected chi connectivity index (χ1v) is 23.4. The molecule has 0 saturated heterocycles. The number of rotatable bonds is 38. The number of hydrogen-bond acceptors (Lipinski definition) is 7. The summed E-state index contributed by atoms with van der Waals surface area (Å²) in [4.78, 5) is 35.7. The van der Waals surface area contributed by atoms with Crippen LogP contribution < -0.4 is 0 Å². The van der Waals surface area contributed by atoms with Gasteiger partial charge in [-0.3, -0.25) is 9.59 Å². The fraction of sp³-hybridized carbons (Fsp3) is 0.950. The van der Waals surface area contributed by atoms with Crippen LogP contribution in [0.3, 0.4) is 0 Å². The second-order valence-corrected chi connectivity index (χ2v) is 18.2. The molecule has 0 heterocycles. The number of unbranched alkanes of at least 4 members (excludes halogenated alkanes) is 24. The van der Waals surface area contributed by atoms with E-state index in [1.807, 2.05) is 21.1 Å². The Labute approximate surface area is 314 Å². The molecule has 0 aliphatic carbocycles. The lowest BCUT2D eigenvalue weighted by molar-refractivity contribution is -0.870. The Balaban J connectivity index is 4.36. The molecular formula is C40H81NO7PS+. The van der Waals surface area contributed by atoms with E-state index in [9.17, 15) is 14.5 Å². The molecule has 0 aromatic heterocycles. The van der Waals surface area contributed by atoms with Crippen molar-refractivity contribution >= 4 is 30.5 Å². The minimum absolute atomic E-state index is 0.129. The lowest BCUT2D eigenvalue weighted by Crippen LogP contribution is -2.37. The van der Waals surface area contributed by atoms with Gasteiger partial charge in [-0.1, -0.05) is 168 Å². The molecule has 0 aliphatic heterocycles. The van der Waals surface area contributed by atoms with Crippen molar-refractivity contribution in [1.82, 2.24) is 0 Å². The van der Waals surface area contributed by atoms with Gasteiger partial charge in [-0.15, -0.1) is 0 Å². The number of esters is 2. The van der Waals surface area contributed by atoms with Crippen LogP contribution in [0.4, 0.5) is 0 Å². The summed E-state index contributed by atoms with van der Waals surface area (Å²) in [6.45, 7) is 1.57. The summed E-state index contributed by atoms with van der Waals surface area (Å²) in [5.41, 5.74) is 0. The largest absolute Gasteiger partial charge is 0.462 e. The van der Waals surface area contributed by atoms with Gasteiger partial charge in [0.05, 0.1) is 27.7 Å². The molecule has 0 radical (unpaired) electrons. The van der Waals surface area contributed by atoms with E-state index in [4.69, 9.17) is 30.3 Å². The van der Waals surface area contributed by atoms with Crippen molar-refractivity contribution in [3.8, 4) is 0 Å². The first kappa shape index (κ1) is 49.4. The van der Waals surface area contributed by atoms with E-state index in [2.05, 4.69) is 13.8 Å². The summed E-state index contributed by atoms with van der Waals surface area (Å²) in [7, 11) is 6.05. The Bertz CT molecular complexity index is 839. The first-order valence-electron chi connectivity index (χ1n) is 20.8. The van der Waals surface area contributed by atoms with Crippen molar-refractivity contribution < 1.29 is 37.5 Å². The van der Waals surface area contributed by atoms with Gasteiger partial charge in [0.25, 0.3) is 0 Å².